The Labute approximate surface area is 190 Å². The van der Waals surface area contributed by atoms with Crippen molar-refractivity contribution in [1.82, 2.24) is 9.88 Å². The normalized spacial score (nSPS) is 10.7. The summed E-state index contributed by atoms with van der Waals surface area (Å²) < 4.78 is 16.2. The first-order chi connectivity index (χ1) is 15.6. The van der Waals surface area contributed by atoms with Crippen LogP contribution >= 0.6 is 12.2 Å². The molecule has 0 fully saturated rings. The molecule has 8 heteroatoms. The van der Waals surface area contributed by atoms with E-state index in [4.69, 9.17) is 26.1 Å². The van der Waals surface area contributed by atoms with Gasteiger partial charge in [-0.25, -0.2) is 0 Å². The quantitative estimate of drug-likeness (QED) is 0.401. The van der Waals surface area contributed by atoms with E-state index in [1.807, 2.05) is 59.5 Å². The maximum absolute atomic E-state index is 12.9. The number of nitrogens with zero attached hydrogens (tertiary/aromatic N) is 1. The Morgan fingerprint density at radius 1 is 1.03 bits per heavy atom. The van der Waals surface area contributed by atoms with Crippen molar-refractivity contribution in [3.63, 3.8) is 0 Å². The van der Waals surface area contributed by atoms with Gasteiger partial charge in [-0.3, -0.25) is 4.79 Å². The second-order valence-electron chi connectivity index (χ2n) is 7.15. The molecule has 0 aliphatic heterocycles. The number of aromatic amines is 1. The van der Waals surface area contributed by atoms with E-state index in [-0.39, 0.29) is 5.56 Å². The van der Waals surface area contributed by atoms with Gasteiger partial charge in [-0.05, 0) is 48.6 Å². The average molecular weight is 450 g/mol. The molecule has 2 N–H and O–H groups in total. The molecule has 0 aliphatic carbocycles. The third-order valence-corrected chi connectivity index (χ3v) is 5.39. The largest absolute Gasteiger partial charge is 0.493 e. The molecule has 4 rings (SSSR count). The highest BCUT2D eigenvalue weighted by atomic mass is 32.1. The zero-order valence-electron chi connectivity index (χ0n) is 17.8. The Hall–Kier alpha value is -3.78. The molecule has 164 valence electrons. The number of hydrogen-bond donors (Lipinski definition) is 2. The Kier molecular flexibility index (Phi) is 6.42. The lowest BCUT2D eigenvalue weighted by Crippen LogP contribution is -2.35. The first-order valence-corrected chi connectivity index (χ1v) is 10.4. The van der Waals surface area contributed by atoms with E-state index in [0.29, 0.717) is 40.8 Å². The smallest absolute Gasteiger partial charge is 0.253 e. The third-order valence-electron chi connectivity index (χ3n) is 5.03. The lowest BCUT2D eigenvalue weighted by Gasteiger charge is -2.25. The zero-order chi connectivity index (χ0) is 22.5. The van der Waals surface area contributed by atoms with Crippen molar-refractivity contribution in [3.05, 3.63) is 88.6 Å². The molecule has 0 atom stereocenters. The lowest BCUT2D eigenvalue weighted by atomic mass is 10.1. The minimum atomic E-state index is -0.198. The lowest BCUT2D eigenvalue weighted by molar-refractivity contribution is 0.355. The summed E-state index contributed by atoms with van der Waals surface area (Å²) in [4.78, 5) is 17.7. The van der Waals surface area contributed by atoms with Gasteiger partial charge >= 0.3 is 0 Å². The van der Waals surface area contributed by atoms with E-state index in [1.165, 1.54) is 0 Å². The molecule has 0 amide bonds. The summed E-state index contributed by atoms with van der Waals surface area (Å²) in [7, 11) is 3.14. The average Bonchev–Trinajstić information content (AvgIpc) is 3.32. The molecular weight excluding hydrogens is 426 g/mol. The van der Waals surface area contributed by atoms with Gasteiger partial charge in [-0.1, -0.05) is 18.2 Å². The van der Waals surface area contributed by atoms with E-state index in [2.05, 4.69) is 10.3 Å². The summed E-state index contributed by atoms with van der Waals surface area (Å²) in [6, 6.07) is 18.8. The molecule has 0 saturated carbocycles. The summed E-state index contributed by atoms with van der Waals surface area (Å²) >= 11 is 5.67. The number of para-hydroxylation sites is 1. The number of aromatic nitrogens is 1. The predicted octanol–water partition coefficient (Wildman–Crippen LogP) is 4.54. The van der Waals surface area contributed by atoms with Crippen LogP contribution in [0.5, 0.6) is 11.5 Å². The third kappa shape index (κ3) is 4.76. The fourth-order valence-electron chi connectivity index (χ4n) is 3.42. The van der Waals surface area contributed by atoms with Crippen LogP contribution in [0, 0.1) is 0 Å². The number of anilines is 1. The van der Waals surface area contributed by atoms with Gasteiger partial charge in [0.2, 0.25) is 0 Å². The van der Waals surface area contributed by atoms with Crippen LogP contribution in [0.1, 0.15) is 11.3 Å². The van der Waals surface area contributed by atoms with Gasteiger partial charge in [0, 0.05) is 22.7 Å². The molecule has 0 unspecified atom stereocenters. The van der Waals surface area contributed by atoms with Gasteiger partial charge < -0.3 is 29.1 Å². The van der Waals surface area contributed by atoms with Gasteiger partial charge in [0.25, 0.3) is 5.56 Å². The van der Waals surface area contributed by atoms with Crippen LogP contribution in [0.25, 0.3) is 10.9 Å². The molecule has 0 saturated heterocycles. The number of ether oxygens (including phenoxy) is 2. The van der Waals surface area contributed by atoms with Crippen molar-refractivity contribution in [2.45, 2.75) is 13.1 Å². The molecule has 0 aliphatic rings. The van der Waals surface area contributed by atoms with E-state index in [9.17, 15) is 4.79 Å². The van der Waals surface area contributed by atoms with Gasteiger partial charge in [-0.2, -0.15) is 0 Å². The number of nitrogens with one attached hydrogen (secondary N) is 2. The highest BCUT2D eigenvalue weighted by Gasteiger charge is 2.16. The van der Waals surface area contributed by atoms with Crippen molar-refractivity contribution in [3.8, 4) is 11.5 Å². The number of methoxy groups -OCH3 is 2. The van der Waals surface area contributed by atoms with Crippen LogP contribution in [-0.4, -0.2) is 29.2 Å². The van der Waals surface area contributed by atoms with Crippen LogP contribution in [0.15, 0.2) is 76.1 Å². The number of H-pyrrole nitrogens is 1. The maximum Gasteiger partial charge on any atom is 0.253 e. The monoisotopic (exact) mass is 449 g/mol. The summed E-state index contributed by atoms with van der Waals surface area (Å²) in [5, 5.41) is 4.55. The van der Waals surface area contributed by atoms with Crippen molar-refractivity contribution in [1.29, 1.82) is 0 Å². The van der Waals surface area contributed by atoms with Gasteiger partial charge in [0.15, 0.2) is 16.6 Å². The molecular formula is C24H23N3O4S. The molecule has 4 aromatic rings. The first-order valence-electron chi connectivity index (χ1n) is 9.98. The molecule has 0 bridgehead atoms. The minimum absolute atomic E-state index is 0.198. The van der Waals surface area contributed by atoms with Gasteiger partial charge in [0.1, 0.15) is 5.76 Å². The van der Waals surface area contributed by atoms with Crippen LogP contribution in [0.2, 0.25) is 0 Å². The highest BCUT2D eigenvalue weighted by Crippen LogP contribution is 2.31. The highest BCUT2D eigenvalue weighted by molar-refractivity contribution is 7.80. The Balaban J connectivity index is 1.66. The number of hydrogen-bond acceptors (Lipinski definition) is 5. The van der Waals surface area contributed by atoms with Crippen LogP contribution in [0.3, 0.4) is 0 Å². The molecule has 2 aromatic heterocycles. The fraction of sp³-hybridized carbons (Fsp3) is 0.167. The number of fused-ring (bicyclic) bond motifs is 1. The zero-order valence-corrected chi connectivity index (χ0v) is 18.6. The number of thiocarbonyl (C=S) groups is 1. The summed E-state index contributed by atoms with van der Waals surface area (Å²) in [6.07, 6.45) is 1.61. The molecule has 2 aromatic carbocycles. The maximum atomic E-state index is 12.9. The second-order valence-corrected chi connectivity index (χ2v) is 7.54. The fourth-order valence-corrected chi connectivity index (χ4v) is 3.66. The Bertz CT molecular complexity index is 1270. The van der Waals surface area contributed by atoms with Crippen molar-refractivity contribution >= 4 is 33.9 Å². The standard InChI is InChI=1S/C24H23N3O4S/c1-29-21-12-16-11-17(23(28)26-20(16)13-22(21)30-2)14-27(15-19-9-6-10-31-19)24(32)25-18-7-4-3-5-8-18/h3-13H,14-15H2,1-2H3,(H,25,32)(H,26,28). The molecule has 2 heterocycles. The number of furan rings is 1. The first kappa shape index (κ1) is 21.5. The predicted molar refractivity (Wildman–Crippen MR) is 128 cm³/mol. The van der Waals surface area contributed by atoms with E-state index >= 15 is 0 Å². The SMILES string of the molecule is COc1cc2cc(CN(Cc3ccco3)C(=S)Nc3ccccc3)c(=O)[nH]c2cc1OC. The van der Waals surface area contributed by atoms with Crippen molar-refractivity contribution in [2.75, 3.05) is 19.5 Å². The van der Waals surface area contributed by atoms with Crippen LogP contribution < -0.4 is 20.3 Å². The van der Waals surface area contributed by atoms with Crippen LogP contribution in [-0.2, 0) is 13.1 Å². The van der Waals surface area contributed by atoms with E-state index in [0.717, 1.165) is 16.8 Å². The topological polar surface area (TPSA) is 79.7 Å². The number of pyridine rings is 1. The number of rotatable bonds is 7. The Morgan fingerprint density at radius 2 is 1.78 bits per heavy atom. The summed E-state index contributed by atoms with van der Waals surface area (Å²) in [5.41, 5.74) is 1.90. The second kappa shape index (κ2) is 9.57. The van der Waals surface area contributed by atoms with E-state index in [1.54, 1.807) is 26.5 Å². The Morgan fingerprint density at radius 3 is 2.47 bits per heavy atom. The van der Waals surface area contributed by atoms with Crippen LogP contribution in [0.4, 0.5) is 5.69 Å². The van der Waals surface area contributed by atoms with Crippen molar-refractivity contribution < 1.29 is 13.9 Å². The number of benzene rings is 2. The molecule has 0 spiro atoms. The molecule has 0 radical (unpaired) electrons. The minimum Gasteiger partial charge on any atom is -0.493 e. The van der Waals surface area contributed by atoms with Gasteiger partial charge in [0.05, 0.1) is 39.1 Å². The van der Waals surface area contributed by atoms with Gasteiger partial charge in [-0.15, -0.1) is 0 Å². The summed E-state index contributed by atoms with van der Waals surface area (Å²) in [6.45, 7) is 0.702. The summed E-state index contributed by atoms with van der Waals surface area (Å²) in [5.74, 6) is 1.88. The van der Waals surface area contributed by atoms with E-state index < -0.39 is 0 Å². The molecule has 7 nitrogen and oxygen atoms in total. The van der Waals surface area contributed by atoms with Crippen molar-refractivity contribution in [2.24, 2.45) is 0 Å². The molecule has 32 heavy (non-hydrogen) atoms.